The number of hydrogen-bond donors (Lipinski definition) is 10. The summed E-state index contributed by atoms with van der Waals surface area (Å²) >= 11 is 0. The van der Waals surface area contributed by atoms with E-state index >= 15 is 0 Å². The minimum Gasteiger partial charge on any atom is -0.394 e. The minimum absolute atomic E-state index is 0.0240. The molecule has 7 fully saturated rings. The van der Waals surface area contributed by atoms with E-state index in [2.05, 4.69) is 27.7 Å². The molecule has 57 heavy (non-hydrogen) atoms. The van der Waals surface area contributed by atoms with Gasteiger partial charge in [0.1, 0.15) is 42.7 Å². The molecule has 7 aliphatic rings. The van der Waals surface area contributed by atoms with Gasteiger partial charge in [0.15, 0.2) is 18.4 Å². The molecule has 22 atom stereocenters. The van der Waals surface area contributed by atoms with E-state index in [1.165, 1.54) is 0 Å². The van der Waals surface area contributed by atoms with E-state index < -0.39 is 119 Å². The molecule has 15 heteroatoms. The molecule has 0 amide bonds. The molecule has 7 rings (SSSR count). The molecular weight excluding hydrogens is 744 g/mol. The summed E-state index contributed by atoms with van der Waals surface area (Å²) in [5.41, 5.74) is -3.54. The van der Waals surface area contributed by atoms with Gasteiger partial charge in [-0.1, -0.05) is 34.6 Å². The van der Waals surface area contributed by atoms with E-state index in [1.54, 1.807) is 13.8 Å². The lowest BCUT2D eigenvalue weighted by Gasteiger charge is -2.72. The van der Waals surface area contributed by atoms with E-state index in [1.807, 2.05) is 13.8 Å². The van der Waals surface area contributed by atoms with Crippen molar-refractivity contribution >= 4 is 0 Å². The first kappa shape index (κ1) is 44.5. The van der Waals surface area contributed by atoms with Crippen LogP contribution in [0, 0.1) is 45.3 Å². The Kier molecular flexibility index (Phi) is 11.3. The zero-order chi connectivity index (χ0) is 42.2. The monoisotopic (exact) mass is 816 g/mol. The van der Waals surface area contributed by atoms with Crippen LogP contribution in [0.3, 0.4) is 0 Å². The average molecular weight is 817 g/mol. The molecule has 4 aliphatic carbocycles. The van der Waals surface area contributed by atoms with Crippen LogP contribution in [-0.4, -0.2) is 154 Å². The first-order valence-electron chi connectivity index (χ1n) is 21.3. The molecule has 3 heterocycles. The van der Waals surface area contributed by atoms with Crippen LogP contribution in [0.4, 0.5) is 0 Å². The summed E-state index contributed by atoms with van der Waals surface area (Å²) in [6.45, 7) is 17.0. The van der Waals surface area contributed by atoms with Gasteiger partial charge in [0.25, 0.3) is 0 Å². The highest BCUT2D eigenvalue weighted by Crippen LogP contribution is 2.76. The van der Waals surface area contributed by atoms with Gasteiger partial charge in [-0.3, -0.25) is 0 Å². The largest absolute Gasteiger partial charge is 0.394 e. The van der Waals surface area contributed by atoms with Crippen molar-refractivity contribution in [3.63, 3.8) is 0 Å². The molecule has 0 radical (unpaired) electrons. The molecule has 0 aromatic carbocycles. The third kappa shape index (κ3) is 6.71. The van der Waals surface area contributed by atoms with Crippen LogP contribution in [0.2, 0.25) is 0 Å². The summed E-state index contributed by atoms with van der Waals surface area (Å²) in [5, 5.41) is 110. The van der Waals surface area contributed by atoms with Gasteiger partial charge in [-0.15, -0.1) is 0 Å². The summed E-state index contributed by atoms with van der Waals surface area (Å²) < 4.78 is 31.5. The van der Waals surface area contributed by atoms with Crippen LogP contribution in [0.15, 0.2) is 0 Å². The lowest BCUT2D eigenvalue weighted by Crippen LogP contribution is -2.71. The van der Waals surface area contributed by atoms with E-state index in [0.717, 1.165) is 32.6 Å². The molecule has 330 valence electrons. The van der Waals surface area contributed by atoms with E-state index in [4.69, 9.17) is 23.7 Å². The van der Waals surface area contributed by atoms with Crippen molar-refractivity contribution in [3.05, 3.63) is 0 Å². The summed E-state index contributed by atoms with van der Waals surface area (Å²) in [4.78, 5) is 0. The van der Waals surface area contributed by atoms with Crippen LogP contribution in [0.25, 0.3) is 0 Å². The zero-order valence-electron chi connectivity index (χ0n) is 35.2. The standard InChI is InChI=1S/C42H72O15/c1-36(2)24(45)11-13-38(5)23-16-20(44)26-19(41(8)15-12-25(56-41)37(3,4)51)10-14-39(26,6)40(23,7)17-21(32(36)38)53-35-31(28(47)27(46)22(18-43)54-35)55-34-30(49)29(48)33(50)42(9,52)57-34/h19-35,43-52H,10-18H2,1-9H3/t19-,20+,21-,22+,23+,24-,25+,26+,27+,28-,29+,30-,31+,32-,33-,34+,35+,38+,39+,40+,41-,42+/m0/s1. The predicted octanol–water partition coefficient (Wildman–Crippen LogP) is 0.679. The Morgan fingerprint density at radius 1 is 0.737 bits per heavy atom. The SMILES string of the molecule is CC(C)(O)[C@H]1CC[C@@](C)([C@H]2CC[C@]3(C)[C@H]2[C@H](O)C[C@@H]2[C@@]4(C)CC[C@H](O)C(C)(C)[C@@H]4[C@@H](O[C@@H]4O[C@H](CO)[C@@H](O)[C@H](O)[C@H]4O[C@@H]4O[C@@](C)(O)[C@@H](O)[C@H](O)[C@@H]4O)C[C@]23C)O1. The molecule has 0 aromatic rings. The number of aliphatic hydroxyl groups is 10. The fourth-order valence-electron chi connectivity index (χ4n) is 14.1. The van der Waals surface area contributed by atoms with E-state index in [-0.39, 0.29) is 29.8 Å². The Bertz CT molecular complexity index is 1470. The maximum absolute atomic E-state index is 12.4. The van der Waals surface area contributed by atoms with Gasteiger partial charge in [0.05, 0.1) is 42.2 Å². The highest BCUT2D eigenvalue weighted by Gasteiger charge is 2.74. The van der Waals surface area contributed by atoms with Crippen molar-refractivity contribution in [2.45, 2.75) is 210 Å². The Morgan fingerprint density at radius 2 is 1.40 bits per heavy atom. The molecule has 15 nitrogen and oxygen atoms in total. The second kappa shape index (κ2) is 14.5. The number of hydrogen-bond acceptors (Lipinski definition) is 15. The van der Waals surface area contributed by atoms with Gasteiger partial charge in [0, 0.05) is 0 Å². The summed E-state index contributed by atoms with van der Waals surface area (Å²) in [5.74, 6) is -2.72. The minimum atomic E-state index is -2.35. The summed E-state index contributed by atoms with van der Waals surface area (Å²) in [7, 11) is 0. The highest BCUT2D eigenvalue weighted by molar-refractivity contribution is 5.22. The molecule has 3 saturated heterocycles. The summed E-state index contributed by atoms with van der Waals surface area (Å²) in [6.07, 6.45) is -12.1. The molecule has 0 unspecified atom stereocenters. The smallest absolute Gasteiger partial charge is 0.194 e. The van der Waals surface area contributed by atoms with E-state index in [0.29, 0.717) is 25.7 Å². The molecule has 4 saturated carbocycles. The predicted molar refractivity (Wildman–Crippen MR) is 202 cm³/mol. The van der Waals surface area contributed by atoms with Gasteiger partial charge in [-0.05, 0) is 124 Å². The van der Waals surface area contributed by atoms with Gasteiger partial charge in [-0.2, -0.15) is 0 Å². The van der Waals surface area contributed by atoms with Crippen molar-refractivity contribution in [1.82, 2.24) is 0 Å². The topological polar surface area (TPSA) is 248 Å². The molecule has 0 spiro atoms. The molecule has 3 aliphatic heterocycles. The normalized spacial score (nSPS) is 57.8. The second-order valence-corrected chi connectivity index (χ2v) is 21.5. The highest BCUT2D eigenvalue weighted by atomic mass is 16.8. The fraction of sp³-hybridized carbons (Fsp3) is 1.00. The summed E-state index contributed by atoms with van der Waals surface area (Å²) in [6, 6.07) is 0. The Morgan fingerprint density at radius 3 is 2.02 bits per heavy atom. The van der Waals surface area contributed by atoms with Crippen LogP contribution in [0.5, 0.6) is 0 Å². The number of aliphatic hydroxyl groups excluding tert-OH is 8. The van der Waals surface area contributed by atoms with Crippen LogP contribution in [-0.2, 0) is 23.7 Å². The van der Waals surface area contributed by atoms with Gasteiger partial charge in [0.2, 0.25) is 0 Å². The first-order valence-corrected chi connectivity index (χ1v) is 21.3. The number of ether oxygens (including phenoxy) is 5. The van der Waals surface area contributed by atoms with Gasteiger partial charge >= 0.3 is 0 Å². The van der Waals surface area contributed by atoms with Crippen LogP contribution < -0.4 is 0 Å². The zero-order valence-corrected chi connectivity index (χ0v) is 35.2. The Hall–Kier alpha value is -0.600. The number of rotatable bonds is 7. The quantitative estimate of drug-likeness (QED) is 0.159. The number of fused-ring (bicyclic) bond motifs is 5. The van der Waals surface area contributed by atoms with E-state index in [9.17, 15) is 51.1 Å². The van der Waals surface area contributed by atoms with Crippen molar-refractivity contribution < 1.29 is 74.7 Å². The molecule has 0 bridgehead atoms. The van der Waals surface area contributed by atoms with Crippen molar-refractivity contribution in [3.8, 4) is 0 Å². The third-order valence-electron chi connectivity index (χ3n) is 17.4. The maximum Gasteiger partial charge on any atom is 0.194 e. The van der Waals surface area contributed by atoms with Gasteiger partial charge < -0.3 is 74.7 Å². The maximum atomic E-state index is 12.4. The second-order valence-electron chi connectivity index (χ2n) is 21.5. The van der Waals surface area contributed by atoms with Crippen molar-refractivity contribution in [1.29, 1.82) is 0 Å². The Balaban J connectivity index is 1.26. The molecular formula is C42H72O15. The molecule has 10 N–H and O–H groups in total. The van der Waals surface area contributed by atoms with Crippen LogP contribution >= 0.6 is 0 Å². The average Bonchev–Trinajstić information content (AvgIpc) is 3.71. The lowest BCUT2D eigenvalue weighted by molar-refractivity contribution is -0.417. The molecule has 0 aromatic heterocycles. The first-order chi connectivity index (χ1) is 26.2. The Labute approximate surface area is 336 Å². The fourth-order valence-corrected chi connectivity index (χ4v) is 14.1. The van der Waals surface area contributed by atoms with Crippen molar-refractivity contribution in [2.24, 2.45) is 45.3 Å². The third-order valence-corrected chi connectivity index (χ3v) is 17.4. The van der Waals surface area contributed by atoms with Crippen molar-refractivity contribution in [2.75, 3.05) is 6.61 Å². The lowest BCUT2D eigenvalue weighted by atomic mass is 9.34. The van der Waals surface area contributed by atoms with Crippen LogP contribution in [0.1, 0.15) is 114 Å². The van der Waals surface area contributed by atoms with Gasteiger partial charge in [-0.25, -0.2) is 0 Å².